The van der Waals surface area contributed by atoms with E-state index in [4.69, 9.17) is 5.73 Å². The smallest absolute Gasteiger partial charge is 0.264 e. The van der Waals surface area contributed by atoms with Crippen molar-refractivity contribution in [1.29, 1.82) is 0 Å². The second-order valence-electron chi connectivity index (χ2n) is 4.53. The lowest BCUT2D eigenvalue weighted by Gasteiger charge is -2.06. The van der Waals surface area contributed by atoms with Gasteiger partial charge in [-0.25, -0.2) is 0 Å². The van der Waals surface area contributed by atoms with E-state index in [1.807, 2.05) is 12.1 Å². The molecule has 0 fully saturated rings. The van der Waals surface area contributed by atoms with Gasteiger partial charge in [-0.05, 0) is 30.5 Å². The van der Waals surface area contributed by atoms with Crippen molar-refractivity contribution in [3.05, 3.63) is 29.8 Å². The van der Waals surface area contributed by atoms with Crippen LogP contribution in [0.3, 0.4) is 0 Å². The van der Waals surface area contributed by atoms with E-state index in [0.717, 1.165) is 11.8 Å². The first kappa shape index (κ1) is 17.1. The second-order valence-corrected chi connectivity index (χ2v) is 6.18. The van der Waals surface area contributed by atoms with Crippen LogP contribution in [0.25, 0.3) is 0 Å². The summed E-state index contributed by atoms with van der Waals surface area (Å²) in [4.78, 5) is 22.1. The van der Waals surface area contributed by atoms with Crippen molar-refractivity contribution in [3.8, 4) is 0 Å². The number of nitrogens with two attached hydrogens (primary N) is 1. The lowest BCUT2D eigenvalue weighted by atomic mass is 10.1. The maximum Gasteiger partial charge on any atom is 0.264 e. The van der Waals surface area contributed by atoms with Crippen molar-refractivity contribution >= 4 is 27.6 Å². The predicted molar refractivity (Wildman–Crippen MR) is 78.0 cm³/mol. The molecule has 0 aromatic heterocycles. The number of anilines is 1. The van der Waals surface area contributed by atoms with Crippen LogP contribution in [0.15, 0.2) is 24.3 Å². The molecule has 0 aliphatic heterocycles. The van der Waals surface area contributed by atoms with Crippen LogP contribution in [0.5, 0.6) is 0 Å². The zero-order chi connectivity index (χ0) is 15.9. The highest BCUT2D eigenvalue weighted by atomic mass is 32.2. The second kappa shape index (κ2) is 7.75. The first-order valence-electron chi connectivity index (χ1n) is 6.28. The molecule has 1 aromatic rings. The molecule has 3 N–H and O–H groups in total. The third kappa shape index (κ3) is 8.05. The first-order chi connectivity index (χ1) is 9.76. The van der Waals surface area contributed by atoms with E-state index in [9.17, 15) is 18.0 Å². The van der Waals surface area contributed by atoms with E-state index in [-0.39, 0.29) is 5.91 Å². The van der Waals surface area contributed by atoms with Crippen molar-refractivity contribution < 1.29 is 22.2 Å². The lowest BCUT2D eigenvalue weighted by Crippen LogP contribution is -2.20. The van der Waals surface area contributed by atoms with Crippen LogP contribution in [0, 0.1) is 0 Å². The summed E-state index contributed by atoms with van der Waals surface area (Å²) in [7, 11) is -3.63. The van der Waals surface area contributed by atoms with Crippen molar-refractivity contribution in [2.45, 2.75) is 19.3 Å². The van der Waals surface area contributed by atoms with Crippen LogP contribution in [0.2, 0.25) is 0 Å². The Morgan fingerprint density at radius 1 is 1.24 bits per heavy atom. The zero-order valence-corrected chi connectivity index (χ0v) is 12.5. The number of carbonyl (C=O) groups is 2. The van der Waals surface area contributed by atoms with Gasteiger partial charge >= 0.3 is 0 Å². The Labute approximate surface area is 123 Å². The Kier molecular flexibility index (Phi) is 6.32. The van der Waals surface area contributed by atoms with E-state index < -0.39 is 22.6 Å². The Morgan fingerprint density at radius 3 is 2.38 bits per heavy atom. The molecule has 0 aliphatic carbocycles. The number of carbonyl (C=O) groups excluding carboxylic acids is 2. The summed E-state index contributed by atoms with van der Waals surface area (Å²) in [6.45, 7) is -0.556. The predicted octanol–water partition coefficient (Wildman–Crippen LogP) is 0.409. The van der Waals surface area contributed by atoms with E-state index in [2.05, 4.69) is 9.50 Å². The third-order valence-electron chi connectivity index (χ3n) is 2.53. The minimum absolute atomic E-state index is 0.329. The maximum absolute atomic E-state index is 11.4. The number of nitrogens with one attached hydrogen (secondary N) is 1. The molecule has 21 heavy (non-hydrogen) atoms. The molecule has 0 aliphatic rings. The number of primary amides is 1. The summed E-state index contributed by atoms with van der Waals surface area (Å²) in [6, 6.07) is 7.01. The third-order valence-corrected chi connectivity index (χ3v) is 3.08. The molecule has 8 heteroatoms. The molecule has 2 amide bonds. The monoisotopic (exact) mass is 314 g/mol. The molecule has 0 spiro atoms. The summed E-state index contributed by atoms with van der Waals surface area (Å²) in [5.41, 5.74) is 6.61. The number of hydrogen-bond acceptors (Lipinski definition) is 5. The van der Waals surface area contributed by atoms with Crippen molar-refractivity contribution in [2.75, 3.05) is 18.2 Å². The fourth-order valence-electron chi connectivity index (χ4n) is 1.58. The Morgan fingerprint density at radius 2 is 1.86 bits per heavy atom. The molecule has 7 nitrogen and oxygen atoms in total. The van der Waals surface area contributed by atoms with Crippen molar-refractivity contribution in [1.82, 2.24) is 0 Å². The van der Waals surface area contributed by atoms with Gasteiger partial charge in [0.05, 0.1) is 6.26 Å². The van der Waals surface area contributed by atoms with Gasteiger partial charge in [-0.1, -0.05) is 12.1 Å². The number of benzene rings is 1. The highest BCUT2D eigenvalue weighted by Gasteiger charge is 2.08. The molecule has 0 radical (unpaired) electrons. The number of hydrogen-bond donors (Lipinski definition) is 2. The molecule has 1 rings (SSSR count). The van der Waals surface area contributed by atoms with Gasteiger partial charge in [0.25, 0.3) is 16.0 Å². The van der Waals surface area contributed by atoms with E-state index in [1.54, 1.807) is 12.1 Å². The van der Waals surface area contributed by atoms with E-state index in [1.165, 1.54) is 0 Å². The minimum Gasteiger partial charge on any atom is -0.370 e. The maximum atomic E-state index is 11.4. The van der Waals surface area contributed by atoms with Crippen LogP contribution >= 0.6 is 0 Å². The van der Waals surface area contributed by atoms with Crippen LogP contribution in [0.4, 0.5) is 5.69 Å². The minimum atomic E-state index is -3.63. The van der Waals surface area contributed by atoms with Gasteiger partial charge in [0.15, 0.2) is 0 Å². The molecule has 0 saturated heterocycles. The highest BCUT2D eigenvalue weighted by Crippen LogP contribution is 2.11. The Bertz CT molecular complexity index is 595. The van der Waals surface area contributed by atoms with E-state index in [0.29, 0.717) is 24.9 Å². The standard InChI is InChI=1S/C13H18N2O5S/c1-21(18,19)20-9-13(17)15-11-7-5-10(6-8-11)3-2-4-12(14)16/h5-8H,2-4,9H2,1H3,(H2,14,16)(H,15,17). The van der Waals surface area contributed by atoms with Crippen molar-refractivity contribution in [2.24, 2.45) is 5.73 Å². The molecule has 0 unspecified atom stereocenters. The average molecular weight is 314 g/mol. The fraction of sp³-hybridized carbons (Fsp3) is 0.385. The molecule has 116 valence electrons. The van der Waals surface area contributed by atoms with Gasteiger partial charge in [-0.3, -0.25) is 13.8 Å². The van der Waals surface area contributed by atoms with Gasteiger partial charge in [0.2, 0.25) is 5.91 Å². The summed E-state index contributed by atoms with van der Waals surface area (Å²) >= 11 is 0. The highest BCUT2D eigenvalue weighted by molar-refractivity contribution is 7.86. The average Bonchev–Trinajstić information content (AvgIpc) is 2.37. The zero-order valence-electron chi connectivity index (χ0n) is 11.7. The van der Waals surface area contributed by atoms with Gasteiger partial charge < -0.3 is 11.1 Å². The van der Waals surface area contributed by atoms with Crippen LogP contribution in [-0.2, 0) is 30.3 Å². The molecule has 0 bridgehead atoms. The quantitative estimate of drug-likeness (QED) is 0.674. The fourth-order valence-corrected chi connectivity index (χ4v) is 1.90. The summed E-state index contributed by atoms with van der Waals surface area (Å²) in [5.74, 6) is -0.883. The summed E-state index contributed by atoms with van der Waals surface area (Å²) in [5, 5.41) is 2.51. The lowest BCUT2D eigenvalue weighted by molar-refractivity contribution is -0.118. The molecular weight excluding hydrogens is 296 g/mol. The molecule has 0 heterocycles. The molecule has 0 saturated carbocycles. The van der Waals surface area contributed by atoms with E-state index >= 15 is 0 Å². The van der Waals surface area contributed by atoms with Gasteiger partial charge in [-0.2, -0.15) is 8.42 Å². The SMILES string of the molecule is CS(=O)(=O)OCC(=O)Nc1ccc(CCCC(N)=O)cc1. The normalized spacial score (nSPS) is 11.1. The summed E-state index contributed by atoms with van der Waals surface area (Å²) in [6.07, 6.45) is 2.60. The first-order valence-corrected chi connectivity index (χ1v) is 8.09. The molecular formula is C13H18N2O5S. The van der Waals surface area contributed by atoms with Crippen LogP contribution in [0.1, 0.15) is 18.4 Å². The molecule has 0 atom stereocenters. The Balaban J connectivity index is 2.43. The topological polar surface area (TPSA) is 116 Å². The Hall–Kier alpha value is -1.93. The number of rotatable bonds is 8. The number of amides is 2. The van der Waals surface area contributed by atoms with Gasteiger partial charge in [0.1, 0.15) is 6.61 Å². The van der Waals surface area contributed by atoms with Crippen LogP contribution in [-0.4, -0.2) is 33.1 Å². The van der Waals surface area contributed by atoms with Crippen molar-refractivity contribution in [3.63, 3.8) is 0 Å². The van der Waals surface area contributed by atoms with Gasteiger partial charge in [0, 0.05) is 12.1 Å². The molecule has 1 aromatic carbocycles. The van der Waals surface area contributed by atoms with Crippen LogP contribution < -0.4 is 11.1 Å². The van der Waals surface area contributed by atoms with Gasteiger partial charge in [-0.15, -0.1) is 0 Å². The largest absolute Gasteiger partial charge is 0.370 e. The summed E-state index contributed by atoms with van der Waals surface area (Å²) < 4.78 is 25.9. The number of aryl methyl sites for hydroxylation is 1.